The number of halogens is 2. The van der Waals surface area contributed by atoms with Gasteiger partial charge in [0.15, 0.2) is 6.04 Å². The van der Waals surface area contributed by atoms with E-state index in [4.69, 9.17) is 0 Å². The number of ether oxygens (including phenoxy) is 1. The number of alkyl halides is 2. The number of fused-ring (bicyclic) bond motifs is 1. The van der Waals surface area contributed by atoms with Gasteiger partial charge in [-0.15, -0.1) is 0 Å². The summed E-state index contributed by atoms with van der Waals surface area (Å²) in [6, 6.07) is 19.9. The third-order valence-electron chi connectivity index (χ3n) is 4.81. The van der Waals surface area contributed by atoms with Gasteiger partial charge in [0.25, 0.3) is 5.91 Å². The fraction of sp³-hybridized carbons (Fsp3) is 0.227. The molecular formula is C22H23F2N2O2+. The van der Waals surface area contributed by atoms with Crippen molar-refractivity contribution >= 4 is 22.4 Å². The first-order valence-electron chi connectivity index (χ1n) is 9.08. The molecule has 0 spiro atoms. The first-order chi connectivity index (χ1) is 13.4. The predicted octanol–water partition coefficient (Wildman–Crippen LogP) is 3.48. The summed E-state index contributed by atoms with van der Waals surface area (Å²) in [5, 5.41) is 5.09. The predicted molar refractivity (Wildman–Crippen MR) is 106 cm³/mol. The van der Waals surface area contributed by atoms with Gasteiger partial charge < -0.3 is 15.0 Å². The van der Waals surface area contributed by atoms with Crippen LogP contribution in [0.15, 0.2) is 66.7 Å². The van der Waals surface area contributed by atoms with E-state index in [0.717, 1.165) is 26.9 Å². The van der Waals surface area contributed by atoms with E-state index in [1.54, 1.807) is 12.1 Å². The highest BCUT2D eigenvalue weighted by atomic mass is 19.3. The lowest BCUT2D eigenvalue weighted by Crippen LogP contribution is -3.12. The normalized spacial score (nSPS) is 13.3. The van der Waals surface area contributed by atoms with E-state index >= 15 is 0 Å². The fourth-order valence-electron chi connectivity index (χ4n) is 3.06. The van der Waals surface area contributed by atoms with Crippen molar-refractivity contribution < 1.29 is 23.2 Å². The number of carbonyl (C=O) groups excluding carboxylic acids is 1. The van der Waals surface area contributed by atoms with Gasteiger partial charge in [-0.1, -0.05) is 36.4 Å². The SMILES string of the molecule is C[C@H](C(=O)Nc1cccc2ccccc12)[NH+](C)Cc1ccc(OC(F)F)cc1. The van der Waals surface area contributed by atoms with Gasteiger partial charge in [-0.25, -0.2) is 0 Å². The maximum atomic E-state index is 12.7. The van der Waals surface area contributed by atoms with E-state index in [1.807, 2.05) is 56.4 Å². The van der Waals surface area contributed by atoms with Crippen LogP contribution >= 0.6 is 0 Å². The highest BCUT2D eigenvalue weighted by Gasteiger charge is 2.22. The molecule has 0 saturated heterocycles. The molecule has 3 aromatic carbocycles. The summed E-state index contributed by atoms with van der Waals surface area (Å²) in [5.74, 6) is 0.0460. The fourth-order valence-corrected chi connectivity index (χ4v) is 3.06. The largest absolute Gasteiger partial charge is 0.435 e. The Morgan fingerprint density at radius 2 is 1.71 bits per heavy atom. The maximum absolute atomic E-state index is 12.7. The van der Waals surface area contributed by atoms with Crippen molar-refractivity contribution in [3.63, 3.8) is 0 Å². The number of benzene rings is 3. The average molecular weight is 385 g/mol. The molecule has 2 N–H and O–H groups in total. The van der Waals surface area contributed by atoms with Crippen molar-refractivity contribution in [3.8, 4) is 5.75 Å². The summed E-state index contributed by atoms with van der Waals surface area (Å²) < 4.78 is 28.8. The quantitative estimate of drug-likeness (QED) is 0.654. The van der Waals surface area contributed by atoms with Gasteiger partial charge in [0, 0.05) is 16.6 Å². The monoisotopic (exact) mass is 385 g/mol. The third kappa shape index (κ3) is 4.84. The van der Waals surface area contributed by atoms with Crippen LogP contribution in [0.3, 0.4) is 0 Å². The standard InChI is InChI=1S/C22H22F2N2O2/c1-15(26(2)14-16-10-12-18(13-11-16)28-22(23)24)21(27)25-20-9-5-7-17-6-3-4-8-19(17)20/h3-13,15,22H,14H2,1-2H3,(H,25,27)/p+1/t15-/m1/s1. The van der Waals surface area contributed by atoms with Crippen LogP contribution in [0.2, 0.25) is 0 Å². The van der Waals surface area contributed by atoms with E-state index < -0.39 is 6.61 Å². The average Bonchev–Trinajstić information content (AvgIpc) is 2.68. The van der Waals surface area contributed by atoms with E-state index in [9.17, 15) is 13.6 Å². The van der Waals surface area contributed by atoms with Crippen LogP contribution < -0.4 is 15.0 Å². The molecule has 0 aliphatic carbocycles. The molecule has 0 fully saturated rings. The number of nitrogens with one attached hydrogen (secondary N) is 2. The van der Waals surface area contributed by atoms with Crippen molar-refractivity contribution in [3.05, 3.63) is 72.3 Å². The zero-order chi connectivity index (χ0) is 20.1. The number of anilines is 1. The molecule has 0 bridgehead atoms. The molecule has 3 aromatic rings. The van der Waals surface area contributed by atoms with Gasteiger partial charge >= 0.3 is 6.61 Å². The summed E-state index contributed by atoms with van der Waals surface area (Å²) >= 11 is 0. The van der Waals surface area contributed by atoms with Crippen molar-refractivity contribution in [2.24, 2.45) is 0 Å². The van der Waals surface area contributed by atoms with E-state index in [1.165, 1.54) is 12.1 Å². The first-order valence-corrected chi connectivity index (χ1v) is 9.08. The summed E-state index contributed by atoms with van der Waals surface area (Å²) in [7, 11) is 1.93. The van der Waals surface area contributed by atoms with Gasteiger partial charge in [0.2, 0.25) is 0 Å². The van der Waals surface area contributed by atoms with Crippen LogP contribution in [0.4, 0.5) is 14.5 Å². The highest BCUT2D eigenvalue weighted by molar-refractivity contribution is 6.03. The van der Waals surface area contributed by atoms with Crippen molar-refractivity contribution in [2.75, 3.05) is 12.4 Å². The molecule has 4 nitrogen and oxygen atoms in total. The zero-order valence-corrected chi connectivity index (χ0v) is 15.8. The number of likely N-dealkylation sites (N-methyl/N-ethyl adjacent to an activating group) is 1. The van der Waals surface area contributed by atoms with Crippen LogP contribution in [0.5, 0.6) is 5.75 Å². The van der Waals surface area contributed by atoms with Crippen LogP contribution in [-0.4, -0.2) is 25.6 Å². The van der Waals surface area contributed by atoms with Crippen LogP contribution in [0.25, 0.3) is 10.8 Å². The van der Waals surface area contributed by atoms with Crippen LogP contribution in [0, 0.1) is 0 Å². The lowest BCUT2D eigenvalue weighted by molar-refractivity contribution is -0.907. The molecule has 2 atom stereocenters. The molecule has 0 aromatic heterocycles. The Morgan fingerprint density at radius 3 is 2.43 bits per heavy atom. The minimum absolute atomic E-state index is 0.0773. The van der Waals surface area contributed by atoms with Crippen molar-refractivity contribution in [1.82, 2.24) is 0 Å². The molecule has 0 aliphatic rings. The molecule has 3 rings (SSSR count). The van der Waals surface area contributed by atoms with E-state index in [2.05, 4.69) is 10.1 Å². The molecular weight excluding hydrogens is 362 g/mol. The Bertz CT molecular complexity index is 939. The Morgan fingerprint density at radius 1 is 1.04 bits per heavy atom. The summed E-state index contributed by atoms with van der Waals surface area (Å²) in [6.07, 6.45) is 0. The van der Waals surface area contributed by atoms with Gasteiger partial charge in [-0.3, -0.25) is 4.79 Å². The first kappa shape index (κ1) is 19.8. The second-order valence-electron chi connectivity index (χ2n) is 6.78. The van der Waals surface area contributed by atoms with Gasteiger partial charge in [-0.05, 0) is 42.6 Å². The zero-order valence-electron chi connectivity index (χ0n) is 15.8. The second kappa shape index (κ2) is 8.80. The Hall–Kier alpha value is -2.99. The number of hydrogen-bond donors (Lipinski definition) is 2. The second-order valence-corrected chi connectivity index (χ2v) is 6.78. The minimum atomic E-state index is -2.84. The molecule has 146 valence electrons. The molecule has 0 heterocycles. The maximum Gasteiger partial charge on any atom is 0.387 e. The molecule has 28 heavy (non-hydrogen) atoms. The minimum Gasteiger partial charge on any atom is -0.435 e. The van der Waals surface area contributed by atoms with Gasteiger partial charge in [0.1, 0.15) is 12.3 Å². The molecule has 0 aliphatic heterocycles. The molecule has 1 amide bonds. The van der Waals surface area contributed by atoms with Crippen LogP contribution in [-0.2, 0) is 11.3 Å². The van der Waals surface area contributed by atoms with Gasteiger partial charge in [0.05, 0.1) is 7.05 Å². The number of hydrogen-bond acceptors (Lipinski definition) is 2. The molecule has 0 radical (unpaired) electrons. The van der Waals surface area contributed by atoms with Crippen molar-refractivity contribution in [2.45, 2.75) is 26.1 Å². The van der Waals surface area contributed by atoms with Gasteiger partial charge in [-0.2, -0.15) is 8.78 Å². The Balaban J connectivity index is 1.64. The van der Waals surface area contributed by atoms with Crippen LogP contribution in [0.1, 0.15) is 12.5 Å². The summed E-state index contributed by atoms with van der Waals surface area (Å²) in [4.78, 5) is 13.7. The number of amides is 1. The number of quaternary nitrogens is 1. The highest BCUT2D eigenvalue weighted by Crippen LogP contribution is 2.23. The van der Waals surface area contributed by atoms with E-state index in [0.29, 0.717) is 6.54 Å². The lowest BCUT2D eigenvalue weighted by atomic mass is 10.1. The lowest BCUT2D eigenvalue weighted by Gasteiger charge is -2.21. The Kier molecular flexibility index (Phi) is 6.21. The van der Waals surface area contributed by atoms with Crippen molar-refractivity contribution in [1.29, 1.82) is 0 Å². The third-order valence-corrected chi connectivity index (χ3v) is 4.81. The number of rotatable bonds is 7. The smallest absolute Gasteiger partial charge is 0.387 e. The summed E-state index contributed by atoms with van der Waals surface area (Å²) in [6.45, 7) is -0.389. The Labute approximate surface area is 162 Å². The molecule has 1 unspecified atom stereocenters. The molecule has 0 saturated carbocycles. The topological polar surface area (TPSA) is 42.8 Å². The molecule has 6 heteroatoms. The summed E-state index contributed by atoms with van der Waals surface area (Å²) in [5.41, 5.74) is 1.72. The van der Waals surface area contributed by atoms with E-state index in [-0.39, 0.29) is 17.7 Å². The number of carbonyl (C=O) groups is 1.